The number of nitrogen functional groups attached to an aromatic ring is 1. The van der Waals surface area contributed by atoms with Crippen molar-refractivity contribution in [2.45, 2.75) is 39.2 Å². The summed E-state index contributed by atoms with van der Waals surface area (Å²) < 4.78 is 22.3. The van der Waals surface area contributed by atoms with Gasteiger partial charge >= 0.3 is 0 Å². The van der Waals surface area contributed by atoms with E-state index in [0.717, 1.165) is 0 Å². The molecule has 1 aliphatic rings. The molecule has 1 aromatic heterocycles. The maximum Gasteiger partial charge on any atom is 0.220 e. The van der Waals surface area contributed by atoms with Crippen LogP contribution in [0.3, 0.4) is 0 Å². The number of carbonyl (C=O) groups excluding carboxylic acids is 1. The van der Waals surface area contributed by atoms with Crippen molar-refractivity contribution in [2.75, 3.05) is 18.9 Å². The number of nitrogens with two attached hydrogens (primary N) is 1. The molecule has 7 nitrogen and oxygen atoms in total. The number of nitrogens with one attached hydrogen (secondary N) is 1. The molecule has 2 atom stereocenters. The Morgan fingerprint density at radius 3 is 2.86 bits per heavy atom. The third-order valence-electron chi connectivity index (χ3n) is 4.96. The molecule has 0 spiro atoms. The van der Waals surface area contributed by atoms with E-state index in [1.54, 1.807) is 13.8 Å². The lowest BCUT2D eigenvalue weighted by atomic mass is 9.92. The number of amides is 1. The van der Waals surface area contributed by atoms with Gasteiger partial charge in [0.25, 0.3) is 0 Å². The summed E-state index contributed by atoms with van der Waals surface area (Å²) in [4.78, 5) is 11.7. The third-order valence-corrected chi connectivity index (χ3v) is 5.24. The molecule has 0 radical (unpaired) electrons. The molecule has 1 aliphatic heterocycles. The Hall–Kier alpha value is -2.79. The lowest BCUT2D eigenvalue weighted by Gasteiger charge is -2.24. The van der Waals surface area contributed by atoms with Crippen molar-refractivity contribution >= 4 is 23.3 Å². The zero-order valence-electron chi connectivity index (χ0n) is 15.8. The summed E-state index contributed by atoms with van der Waals surface area (Å²) in [5.74, 6) is -0.568. The molecule has 28 heavy (non-hydrogen) atoms. The Morgan fingerprint density at radius 1 is 1.61 bits per heavy atom. The van der Waals surface area contributed by atoms with Crippen LogP contribution in [0.15, 0.2) is 6.07 Å². The highest BCUT2D eigenvalue weighted by Crippen LogP contribution is 2.42. The van der Waals surface area contributed by atoms with E-state index in [4.69, 9.17) is 22.1 Å². The van der Waals surface area contributed by atoms with E-state index in [1.165, 1.54) is 10.7 Å². The average molecular weight is 406 g/mol. The summed E-state index contributed by atoms with van der Waals surface area (Å²) in [5, 5.41) is 16.3. The molecule has 1 aromatic carbocycles. The Bertz CT molecular complexity index is 982. The van der Waals surface area contributed by atoms with Crippen LogP contribution < -0.4 is 15.8 Å². The van der Waals surface area contributed by atoms with Crippen LogP contribution >= 0.6 is 11.6 Å². The van der Waals surface area contributed by atoms with Crippen LogP contribution in [-0.4, -0.2) is 28.8 Å². The molecule has 1 saturated heterocycles. The Morgan fingerprint density at radius 2 is 2.32 bits per heavy atom. The van der Waals surface area contributed by atoms with Crippen LogP contribution in [0.25, 0.3) is 0 Å². The maximum absolute atomic E-state index is 15.0. The number of benzene rings is 1. The number of aryl methyl sites for hydroxylation is 1. The number of hydrogen-bond donors (Lipinski definition) is 2. The fraction of sp³-hybridized carbons (Fsp3) is 0.421. The van der Waals surface area contributed by atoms with Crippen LogP contribution in [0.4, 0.5) is 10.2 Å². The smallest absolute Gasteiger partial charge is 0.220 e. The fourth-order valence-electron chi connectivity index (χ4n) is 3.57. The SMILES string of the molecule is CCOc1c(C(C)n2nc(C)c(C#N)c2N)cc(Cl)c(F)c1[C@@H]1CNC(=O)C1. The van der Waals surface area contributed by atoms with Gasteiger partial charge in [-0.1, -0.05) is 11.6 Å². The van der Waals surface area contributed by atoms with Crippen molar-refractivity contribution in [3.8, 4) is 11.8 Å². The van der Waals surface area contributed by atoms with E-state index < -0.39 is 11.9 Å². The van der Waals surface area contributed by atoms with Gasteiger partial charge in [-0.25, -0.2) is 9.07 Å². The van der Waals surface area contributed by atoms with Gasteiger partial charge in [-0.2, -0.15) is 10.4 Å². The minimum Gasteiger partial charge on any atom is -0.493 e. The second-order valence-corrected chi connectivity index (χ2v) is 7.13. The van der Waals surface area contributed by atoms with Crippen molar-refractivity contribution in [2.24, 2.45) is 0 Å². The van der Waals surface area contributed by atoms with E-state index in [2.05, 4.69) is 10.4 Å². The van der Waals surface area contributed by atoms with Gasteiger partial charge < -0.3 is 15.8 Å². The van der Waals surface area contributed by atoms with Gasteiger partial charge in [-0.05, 0) is 26.8 Å². The number of ether oxygens (including phenoxy) is 1. The van der Waals surface area contributed by atoms with E-state index in [0.29, 0.717) is 35.7 Å². The minimum atomic E-state index is -0.593. The molecule has 0 bridgehead atoms. The first kappa shape index (κ1) is 20.0. The molecule has 2 aromatic rings. The molecule has 3 N–H and O–H groups in total. The largest absolute Gasteiger partial charge is 0.493 e. The van der Waals surface area contributed by atoms with Crippen LogP contribution in [0.5, 0.6) is 5.75 Å². The highest BCUT2D eigenvalue weighted by atomic mass is 35.5. The number of nitriles is 1. The number of hydrogen-bond acceptors (Lipinski definition) is 5. The molecule has 0 saturated carbocycles. The summed E-state index contributed by atoms with van der Waals surface area (Å²) in [5.41, 5.74) is 7.76. The van der Waals surface area contributed by atoms with Gasteiger partial charge in [0, 0.05) is 30.0 Å². The molecule has 1 amide bonds. The van der Waals surface area contributed by atoms with Crippen LogP contribution in [0, 0.1) is 24.1 Å². The van der Waals surface area contributed by atoms with E-state index in [1.807, 2.05) is 13.0 Å². The van der Waals surface area contributed by atoms with Crippen molar-refractivity contribution < 1.29 is 13.9 Å². The molecule has 3 rings (SSSR count). The summed E-state index contributed by atoms with van der Waals surface area (Å²) in [6, 6.07) is 3.06. The van der Waals surface area contributed by atoms with E-state index in [9.17, 15) is 14.4 Å². The summed E-state index contributed by atoms with van der Waals surface area (Å²) in [6.45, 7) is 5.92. The number of aromatic nitrogens is 2. The molecule has 1 fully saturated rings. The van der Waals surface area contributed by atoms with Crippen molar-refractivity contribution in [3.63, 3.8) is 0 Å². The minimum absolute atomic E-state index is 0.0670. The topological polar surface area (TPSA) is 106 Å². The zero-order chi connectivity index (χ0) is 20.6. The highest BCUT2D eigenvalue weighted by Gasteiger charge is 2.33. The lowest BCUT2D eigenvalue weighted by molar-refractivity contribution is -0.119. The molecular formula is C19H21ClFN5O2. The Kier molecular flexibility index (Phi) is 5.47. The molecule has 2 heterocycles. The molecular weight excluding hydrogens is 385 g/mol. The second-order valence-electron chi connectivity index (χ2n) is 6.72. The number of rotatable bonds is 5. The van der Waals surface area contributed by atoms with Crippen LogP contribution in [-0.2, 0) is 4.79 Å². The lowest BCUT2D eigenvalue weighted by Crippen LogP contribution is -2.17. The normalized spacial score (nSPS) is 17.3. The summed E-state index contributed by atoms with van der Waals surface area (Å²) >= 11 is 6.19. The monoisotopic (exact) mass is 405 g/mol. The first-order chi connectivity index (χ1) is 13.3. The Balaban J connectivity index is 2.19. The van der Waals surface area contributed by atoms with Gasteiger partial charge in [0.1, 0.15) is 29.0 Å². The number of nitrogens with zero attached hydrogens (tertiary/aromatic N) is 3. The zero-order valence-corrected chi connectivity index (χ0v) is 16.6. The average Bonchev–Trinajstić information content (AvgIpc) is 3.20. The number of carbonyl (C=O) groups is 1. The summed E-state index contributed by atoms with van der Waals surface area (Å²) in [7, 11) is 0. The number of anilines is 1. The predicted molar refractivity (Wildman–Crippen MR) is 103 cm³/mol. The van der Waals surface area contributed by atoms with Crippen molar-refractivity contribution in [1.82, 2.24) is 15.1 Å². The number of halogens is 2. The second kappa shape index (κ2) is 7.68. The van der Waals surface area contributed by atoms with Crippen molar-refractivity contribution in [1.29, 1.82) is 5.26 Å². The van der Waals surface area contributed by atoms with E-state index in [-0.39, 0.29) is 34.6 Å². The van der Waals surface area contributed by atoms with Gasteiger partial charge in [-0.15, -0.1) is 0 Å². The van der Waals surface area contributed by atoms with Gasteiger partial charge in [0.15, 0.2) is 0 Å². The van der Waals surface area contributed by atoms with Gasteiger partial charge in [0.2, 0.25) is 5.91 Å². The highest BCUT2D eigenvalue weighted by molar-refractivity contribution is 6.31. The fourth-order valence-corrected chi connectivity index (χ4v) is 3.79. The maximum atomic E-state index is 15.0. The van der Waals surface area contributed by atoms with Gasteiger partial charge in [-0.3, -0.25) is 4.79 Å². The van der Waals surface area contributed by atoms with Gasteiger partial charge in [0.05, 0.1) is 23.4 Å². The first-order valence-corrected chi connectivity index (χ1v) is 9.33. The molecule has 0 aliphatic carbocycles. The van der Waals surface area contributed by atoms with Crippen LogP contribution in [0.1, 0.15) is 54.6 Å². The van der Waals surface area contributed by atoms with E-state index >= 15 is 0 Å². The molecule has 9 heteroatoms. The Labute approximate surface area is 167 Å². The standard InChI is InChI=1S/C19H21ClFN5O2/c1-4-28-18-12(10(3)26-19(23)13(7-22)9(2)25-26)6-14(20)17(21)16(18)11-5-15(27)24-8-11/h6,10-11H,4-5,8,23H2,1-3H3,(H,24,27)/t10?,11-/m0/s1. The van der Waals surface area contributed by atoms with Crippen LogP contribution in [0.2, 0.25) is 5.02 Å². The molecule has 1 unspecified atom stereocenters. The van der Waals surface area contributed by atoms with Crippen molar-refractivity contribution in [3.05, 3.63) is 39.3 Å². The third kappa shape index (κ3) is 3.27. The molecule has 148 valence electrons. The summed E-state index contributed by atoms with van der Waals surface area (Å²) in [6.07, 6.45) is 0.159. The quantitative estimate of drug-likeness (QED) is 0.795. The first-order valence-electron chi connectivity index (χ1n) is 8.96. The predicted octanol–water partition coefficient (Wildman–Crippen LogP) is 3.05.